The van der Waals surface area contributed by atoms with Gasteiger partial charge >= 0.3 is 0 Å². The zero-order valence-corrected chi connectivity index (χ0v) is 15.2. The molecule has 1 N–H and O–H groups in total. The van der Waals surface area contributed by atoms with Crippen molar-refractivity contribution in [3.8, 4) is 17.1 Å². The van der Waals surface area contributed by atoms with Gasteiger partial charge in [-0.25, -0.2) is 0 Å². The molecule has 0 bridgehead atoms. The van der Waals surface area contributed by atoms with Gasteiger partial charge in [-0.15, -0.1) is 21.5 Å². The highest BCUT2D eigenvalue weighted by Gasteiger charge is 2.23. The van der Waals surface area contributed by atoms with E-state index in [1.54, 1.807) is 23.1 Å². The third kappa shape index (κ3) is 3.52. The lowest BCUT2D eigenvalue weighted by molar-refractivity contribution is 0.266. The SMILES string of the molecule is CCSc1nnc2c(n1)OC(C=Cc1cccs1)Nc1ccccc1-2. The smallest absolute Gasteiger partial charge is 0.247 e. The average molecular weight is 368 g/mol. The van der Waals surface area contributed by atoms with E-state index in [-0.39, 0.29) is 6.23 Å². The van der Waals surface area contributed by atoms with Crippen LogP contribution in [0.15, 0.2) is 53.0 Å². The molecule has 25 heavy (non-hydrogen) atoms. The molecule has 4 rings (SSSR count). The minimum absolute atomic E-state index is 0.333. The Kier molecular flexibility index (Phi) is 4.67. The summed E-state index contributed by atoms with van der Waals surface area (Å²) in [5, 5.41) is 14.7. The van der Waals surface area contributed by atoms with E-state index in [4.69, 9.17) is 4.74 Å². The van der Waals surface area contributed by atoms with E-state index in [9.17, 15) is 0 Å². The van der Waals surface area contributed by atoms with Crippen LogP contribution < -0.4 is 10.1 Å². The second-order valence-electron chi connectivity index (χ2n) is 5.28. The van der Waals surface area contributed by atoms with Crippen LogP contribution >= 0.6 is 23.1 Å². The summed E-state index contributed by atoms with van der Waals surface area (Å²) in [5.41, 5.74) is 2.56. The van der Waals surface area contributed by atoms with Crippen LogP contribution in [0.1, 0.15) is 11.8 Å². The summed E-state index contributed by atoms with van der Waals surface area (Å²) in [7, 11) is 0. The lowest BCUT2D eigenvalue weighted by atomic mass is 10.1. The number of thiophene rings is 1. The number of anilines is 1. The fourth-order valence-corrected chi connectivity index (χ4v) is 3.65. The highest BCUT2D eigenvalue weighted by atomic mass is 32.2. The molecule has 1 aliphatic rings. The Labute approximate surface area is 154 Å². The fraction of sp³-hybridized carbons (Fsp3) is 0.167. The van der Waals surface area contributed by atoms with Gasteiger partial charge in [0, 0.05) is 16.1 Å². The minimum Gasteiger partial charge on any atom is -0.448 e. The molecule has 0 radical (unpaired) electrons. The van der Waals surface area contributed by atoms with Crippen molar-refractivity contribution in [1.29, 1.82) is 0 Å². The van der Waals surface area contributed by atoms with Crippen molar-refractivity contribution in [1.82, 2.24) is 15.2 Å². The van der Waals surface area contributed by atoms with Crippen molar-refractivity contribution in [2.24, 2.45) is 0 Å². The third-order valence-corrected chi connectivity index (χ3v) is 5.16. The first-order valence-electron chi connectivity index (χ1n) is 7.95. The molecule has 0 aliphatic carbocycles. The van der Waals surface area contributed by atoms with Crippen molar-refractivity contribution in [3.63, 3.8) is 0 Å². The molecular weight excluding hydrogens is 352 g/mol. The minimum atomic E-state index is -0.333. The molecule has 3 heterocycles. The van der Waals surface area contributed by atoms with Crippen LogP contribution in [0, 0.1) is 0 Å². The van der Waals surface area contributed by atoms with E-state index < -0.39 is 0 Å². The molecule has 126 valence electrons. The molecule has 1 unspecified atom stereocenters. The Hall–Kier alpha value is -2.38. The highest BCUT2D eigenvalue weighted by molar-refractivity contribution is 7.99. The molecule has 0 saturated carbocycles. The van der Waals surface area contributed by atoms with Gasteiger partial charge < -0.3 is 10.1 Å². The lowest BCUT2D eigenvalue weighted by Gasteiger charge is -2.15. The zero-order valence-electron chi connectivity index (χ0n) is 13.5. The number of fused-ring (bicyclic) bond motifs is 3. The molecule has 3 aromatic rings. The molecule has 2 aromatic heterocycles. The maximum atomic E-state index is 6.10. The summed E-state index contributed by atoms with van der Waals surface area (Å²) in [6.07, 6.45) is 3.71. The number of nitrogens with zero attached hydrogens (tertiary/aromatic N) is 3. The quantitative estimate of drug-likeness (QED) is 0.682. The van der Waals surface area contributed by atoms with Crippen LogP contribution in [0.5, 0.6) is 5.88 Å². The summed E-state index contributed by atoms with van der Waals surface area (Å²) in [4.78, 5) is 5.73. The Bertz CT molecular complexity index is 896. The predicted molar refractivity (Wildman–Crippen MR) is 103 cm³/mol. The van der Waals surface area contributed by atoms with Crippen molar-refractivity contribution >= 4 is 34.9 Å². The van der Waals surface area contributed by atoms with Crippen LogP contribution in [0.4, 0.5) is 5.69 Å². The van der Waals surface area contributed by atoms with Crippen LogP contribution in [0.2, 0.25) is 0 Å². The van der Waals surface area contributed by atoms with Crippen molar-refractivity contribution in [2.75, 3.05) is 11.1 Å². The Morgan fingerprint density at radius 3 is 3.00 bits per heavy atom. The molecule has 7 heteroatoms. The van der Waals surface area contributed by atoms with E-state index in [1.165, 1.54) is 4.88 Å². The number of rotatable bonds is 4. The molecule has 1 aromatic carbocycles. The number of nitrogens with one attached hydrogen (secondary N) is 1. The normalized spacial score (nSPS) is 15.8. The van der Waals surface area contributed by atoms with Crippen molar-refractivity contribution < 1.29 is 4.74 Å². The molecule has 0 saturated heterocycles. The van der Waals surface area contributed by atoms with Gasteiger partial charge in [0.2, 0.25) is 11.0 Å². The summed E-state index contributed by atoms with van der Waals surface area (Å²) in [6, 6.07) is 12.1. The van der Waals surface area contributed by atoms with Gasteiger partial charge in [0.1, 0.15) is 0 Å². The van der Waals surface area contributed by atoms with E-state index in [0.717, 1.165) is 17.0 Å². The van der Waals surface area contributed by atoms with E-state index in [1.807, 2.05) is 42.5 Å². The lowest BCUT2D eigenvalue weighted by Crippen LogP contribution is -2.23. The topological polar surface area (TPSA) is 59.9 Å². The van der Waals surface area contributed by atoms with E-state index in [2.05, 4.69) is 38.9 Å². The Morgan fingerprint density at radius 2 is 2.16 bits per heavy atom. The van der Waals surface area contributed by atoms with Gasteiger partial charge in [0.25, 0.3) is 0 Å². The first-order valence-corrected chi connectivity index (χ1v) is 9.82. The molecule has 0 spiro atoms. The van der Waals surface area contributed by atoms with Crippen molar-refractivity contribution in [2.45, 2.75) is 18.3 Å². The summed E-state index contributed by atoms with van der Waals surface area (Å²) in [6.45, 7) is 2.06. The van der Waals surface area contributed by atoms with Gasteiger partial charge in [-0.1, -0.05) is 43.0 Å². The van der Waals surface area contributed by atoms with Crippen LogP contribution in [0.25, 0.3) is 17.3 Å². The number of ether oxygens (including phenoxy) is 1. The van der Waals surface area contributed by atoms with Crippen LogP contribution in [-0.2, 0) is 0 Å². The van der Waals surface area contributed by atoms with Crippen molar-refractivity contribution in [3.05, 3.63) is 52.7 Å². The summed E-state index contributed by atoms with van der Waals surface area (Å²) >= 11 is 3.23. The second kappa shape index (κ2) is 7.25. The molecule has 5 nitrogen and oxygen atoms in total. The first kappa shape index (κ1) is 16.1. The molecule has 1 aliphatic heterocycles. The Balaban J connectivity index is 1.73. The largest absolute Gasteiger partial charge is 0.448 e. The first-order chi connectivity index (χ1) is 12.3. The number of benzene rings is 1. The number of hydrogen-bond acceptors (Lipinski definition) is 7. The number of para-hydroxylation sites is 1. The highest BCUT2D eigenvalue weighted by Crippen LogP contribution is 2.36. The van der Waals surface area contributed by atoms with Gasteiger partial charge in [-0.2, -0.15) is 4.98 Å². The monoisotopic (exact) mass is 368 g/mol. The molecule has 0 fully saturated rings. The third-order valence-electron chi connectivity index (χ3n) is 3.61. The average Bonchev–Trinajstić information content (AvgIpc) is 3.09. The van der Waals surface area contributed by atoms with Gasteiger partial charge in [0.05, 0.1) is 0 Å². The van der Waals surface area contributed by atoms with E-state index >= 15 is 0 Å². The standard InChI is InChI=1S/C18H16N4OS2/c1-2-24-18-20-17-16(21-22-18)13-7-3-4-8-14(13)19-15(23-17)10-9-12-6-5-11-25-12/h3-11,15,19H,2H2,1H3. The fourth-order valence-electron chi connectivity index (χ4n) is 2.51. The number of thioether (sulfide) groups is 1. The summed E-state index contributed by atoms with van der Waals surface area (Å²) in [5.74, 6) is 1.39. The van der Waals surface area contributed by atoms with Crippen LogP contribution in [0.3, 0.4) is 0 Å². The predicted octanol–water partition coefficient (Wildman–Crippen LogP) is 4.56. The van der Waals surface area contributed by atoms with E-state index in [0.29, 0.717) is 16.7 Å². The second-order valence-corrected chi connectivity index (χ2v) is 7.49. The van der Waals surface area contributed by atoms with Gasteiger partial charge in [0.15, 0.2) is 11.9 Å². The number of hydrogen-bond donors (Lipinski definition) is 1. The summed E-state index contributed by atoms with van der Waals surface area (Å²) < 4.78 is 6.10. The van der Waals surface area contributed by atoms with Crippen LogP contribution in [-0.4, -0.2) is 27.2 Å². The maximum Gasteiger partial charge on any atom is 0.247 e. The van der Waals surface area contributed by atoms with Gasteiger partial charge in [-0.3, -0.25) is 0 Å². The Morgan fingerprint density at radius 1 is 1.24 bits per heavy atom. The number of aromatic nitrogens is 3. The van der Waals surface area contributed by atoms with Gasteiger partial charge in [-0.05, 0) is 35.4 Å². The zero-order chi connectivity index (χ0) is 17.1. The molecule has 1 atom stereocenters. The molecular formula is C18H16N4OS2. The maximum absolute atomic E-state index is 6.10. The molecule has 0 amide bonds.